The van der Waals surface area contributed by atoms with Gasteiger partial charge in [0.25, 0.3) is 0 Å². The molecule has 3 saturated heterocycles. The Morgan fingerprint density at radius 3 is 1.84 bits per heavy atom. The normalized spacial score (nSPS) is 23.8. The van der Waals surface area contributed by atoms with E-state index >= 15 is 0 Å². The molecule has 8 heteroatoms. The lowest BCUT2D eigenvalue weighted by molar-refractivity contribution is -0.190. The molecule has 8 nitrogen and oxygen atoms in total. The van der Waals surface area contributed by atoms with Crippen LogP contribution in [0.25, 0.3) is 0 Å². The average Bonchev–Trinajstić information content (AvgIpc) is 3.09. The van der Waals surface area contributed by atoms with Crippen LogP contribution in [-0.2, 0) is 23.9 Å². The van der Waals surface area contributed by atoms with Gasteiger partial charge in [-0.05, 0) is 13.8 Å². The summed E-state index contributed by atoms with van der Waals surface area (Å²) >= 11 is 0. The maximum absolute atomic E-state index is 13.0. The molecule has 3 aliphatic heterocycles. The lowest BCUT2D eigenvalue weighted by Gasteiger charge is -2.42. The van der Waals surface area contributed by atoms with Crippen LogP contribution in [0, 0.1) is 5.41 Å². The predicted molar refractivity (Wildman–Crippen MR) is 88.4 cm³/mol. The number of piperidine rings is 1. The van der Waals surface area contributed by atoms with Crippen LogP contribution in [-0.4, -0.2) is 91.2 Å². The summed E-state index contributed by atoms with van der Waals surface area (Å²) in [5.41, 5.74) is -1.11. The largest absolute Gasteiger partial charge is 0.347 e. The fraction of sp³-hybridized carbons (Fsp3) is 0.824. The Balaban J connectivity index is 1.58. The minimum absolute atomic E-state index is 0.150. The number of carbonyl (C=O) groups is 3. The van der Waals surface area contributed by atoms with Gasteiger partial charge in [0.2, 0.25) is 18.2 Å². The number of piperazine rings is 1. The van der Waals surface area contributed by atoms with E-state index < -0.39 is 11.2 Å². The molecule has 0 aromatic carbocycles. The van der Waals surface area contributed by atoms with Crippen molar-refractivity contribution >= 4 is 18.2 Å². The van der Waals surface area contributed by atoms with Crippen molar-refractivity contribution in [2.75, 3.05) is 52.5 Å². The molecule has 25 heavy (non-hydrogen) atoms. The van der Waals surface area contributed by atoms with Crippen LogP contribution in [0.3, 0.4) is 0 Å². The number of carbonyl (C=O) groups excluding carboxylic acids is 3. The minimum Gasteiger partial charge on any atom is -0.347 e. The zero-order valence-electron chi connectivity index (χ0n) is 15.0. The Kier molecular flexibility index (Phi) is 5.02. The maximum Gasteiger partial charge on any atom is 0.237 e. The number of nitrogens with zero attached hydrogens (tertiary/aromatic N) is 3. The van der Waals surface area contributed by atoms with Crippen LogP contribution in [0.1, 0.15) is 26.7 Å². The van der Waals surface area contributed by atoms with Crippen LogP contribution in [0.2, 0.25) is 0 Å². The smallest absolute Gasteiger partial charge is 0.237 e. The highest BCUT2D eigenvalue weighted by atomic mass is 16.7. The predicted octanol–water partition coefficient (Wildman–Crippen LogP) is -0.321. The number of rotatable bonds is 3. The number of hydrogen-bond donors (Lipinski definition) is 0. The molecule has 1 spiro atoms. The Hall–Kier alpha value is -1.67. The molecule has 3 amide bonds. The van der Waals surface area contributed by atoms with Crippen LogP contribution in [0.4, 0.5) is 0 Å². The molecular weight excluding hydrogens is 326 g/mol. The van der Waals surface area contributed by atoms with E-state index in [1.54, 1.807) is 28.5 Å². The van der Waals surface area contributed by atoms with Crippen LogP contribution < -0.4 is 0 Å². The van der Waals surface area contributed by atoms with Crippen LogP contribution in [0.5, 0.6) is 0 Å². The molecule has 0 bridgehead atoms. The van der Waals surface area contributed by atoms with Crippen molar-refractivity contribution in [1.29, 1.82) is 0 Å². The van der Waals surface area contributed by atoms with Gasteiger partial charge in [0, 0.05) is 52.1 Å². The van der Waals surface area contributed by atoms with Crippen molar-refractivity contribution in [3.63, 3.8) is 0 Å². The number of hydrogen-bond acceptors (Lipinski definition) is 5. The lowest BCUT2D eigenvalue weighted by Crippen LogP contribution is -2.57. The topological polar surface area (TPSA) is 79.4 Å². The fourth-order valence-electron chi connectivity index (χ4n) is 3.75. The van der Waals surface area contributed by atoms with Gasteiger partial charge in [-0.15, -0.1) is 0 Å². The molecule has 140 valence electrons. The van der Waals surface area contributed by atoms with Gasteiger partial charge in [-0.1, -0.05) is 0 Å². The van der Waals surface area contributed by atoms with E-state index in [9.17, 15) is 14.4 Å². The molecule has 0 radical (unpaired) electrons. The summed E-state index contributed by atoms with van der Waals surface area (Å²) < 4.78 is 11.4. The van der Waals surface area contributed by atoms with Crippen molar-refractivity contribution < 1.29 is 23.9 Å². The van der Waals surface area contributed by atoms with Crippen LogP contribution in [0.15, 0.2) is 0 Å². The van der Waals surface area contributed by atoms with E-state index in [4.69, 9.17) is 9.47 Å². The van der Waals surface area contributed by atoms with Crippen molar-refractivity contribution in [1.82, 2.24) is 14.7 Å². The molecule has 3 rings (SSSR count). The van der Waals surface area contributed by atoms with E-state index in [2.05, 4.69) is 0 Å². The van der Waals surface area contributed by atoms with Gasteiger partial charge in [-0.3, -0.25) is 14.4 Å². The van der Waals surface area contributed by atoms with E-state index in [1.165, 1.54) is 0 Å². The third-order valence-corrected chi connectivity index (χ3v) is 5.45. The third kappa shape index (κ3) is 3.50. The summed E-state index contributed by atoms with van der Waals surface area (Å²) in [5, 5.41) is 0. The molecule has 0 unspecified atom stereocenters. The standard InChI is InChI=1S/C17H27N3O5/c1-16(2,15(23)20-9-7-18(13-21)8-10-20)14(22)19-5-3-17(4-6-19)24-11-12-25-17/h13H,3-12H2,1-2H3. The molecule has 3 aliphatic rings. The molecular formula is C17H27N3O5. The van der Waals surface area contributed by atoms with Crippen molar-refractivity contribution in [3.8, 4) is 0 Å². The zero-order valence-corrected chi connectivity index (χ0v) is 15.0. The molecule has 0 aliphatic carbocycles. The quantitative estimate of drug-likeness (QED) is 0.513. The van der Waals surface area contributed by atoms with Crippen molar-refractivity contribution in [3.05, 3.63) is 0 Å². The first kappa shape index (κ1) is 18.1. The van der Waals surface area contributed by atoms with Crippen molar-refractivity contribution in [2.24, 2.45) is 5.41 Å². The monoisotopic (exact) mass is 353 g/mol. The van der Waals surface area contributed by atoms with E-state index in [0.717, 1.165) is 6.41 Å². The Morgan fingerprint density at radius 1 is 0.880 bits per heavy atom. The van der Waals surface area contributed by atoms with Gasteiger partial charge in [0.05, 0.1) is 13.2 Å². The first-order valence-electron chi connectivity index (χ1n) is 8.94. The van der Waals surface area contributed by atoms with Gasteiger partial charge in [-0.25, -0.2) is 0 Å². The second-order valence-electron chi connectivity index (χ2n) is 7.46. The van der Waals surface area contributed by atoms with Crippen LogP contribution >= 0.6 is 0 Å². The summed E-state index contributed by atoms with van der Waals surface area (Å²) in [5.74, 6) is -0.851. The molecule has 3 fully saturated rings. The molecule has 0 atom stereocenters. The van der Waals surface area contributed by atoms with Gasteiger partial charge in [0.15, 0.2) is 5.79 Å². The summed E-state index contributed by atoms with van der Waals surface area (Å²) in [6.45, 7) is 7.63. The molecule has 0 saturated carbocycles. The SMILES string of the molecule is CC(C)(C(=O)N1CCN(C=O)CC1)C(=O)N1CCC2(CC1)OCCO2. The molecule has 3 heterocycles. The first-order chi connectivity index (χ1) is 11.9. The van der Waals surface area contributed by atoms with Gasteiger partial charge >= 0.3 is 0 Å². The number of amides is 3. The minimum atomic E-state index is -1.11. The Bertz CT molecular complexity index is 526. The van der Waals surface area contributed by atoms with Crippen molar-refractivity contribution in [2.45, 2.75) is 32.5 Å². The number of ether oxygens (including phenoxy) is 2. The molecule has 0 N–H and O–H groups in total. The fourth-order valence-corrected chi connectivity index (χ4v) is 3.75. The maximum atomic E-state index is 13.0. The Labute approximate surface area is 148 Å². The average molecular weight is 353 g/mol. The summed E-state index contributed by atoms with van der Waals surface area (Å²) in [6, 6.07) is 0. The van der Waals surface area contributed by atoms with E-state index in [1.807, 2.05) is 0 Å². The van der Waals surface area contributed by atoms with Gasteiger partial charge in [-0.2, -0.15) is 0 Å². The van der Waals surface area contributed by atoms with Gasteiger partial charge < -0.3 is 24.2 Å². The zero-order chi connectivity index (χ0) is 18.1. The number of likely N-dealkylation sites (tertiary alicyclic amines) is 1. The first-order valence-corrected chi connectivity index (χ1v) is 8.94. The second kappa shape index (κ2) is 6.92. The Morgan fingerprint density at radius 2 is 1.36 bits per heavy atom. The summed E-state index contributed by atoms with van der Waals surface area (Å²) in [7, 11) is 0. The highest BCUT2D eigenvalue weighted by Gasteiger charge is 2.46. The second-order valence-corrected chi connectivity index (χ2v) is 7.46. The molecule has 0 aromatic rings. The third-order valence-electron chi connectivity index (χ3n) is 5.45. The highest BCUT2D eigenvalue weighted by Crippen LogP contribution is 2.33. The highest BCUT2D eigenvalue weighted by molar-refractivity contribution is 6.04. The van der Waals surface area contributed by atoms with E-state index in [-0.39, 0.29) is 11.8 Å². The summed E-state index contributed by atoms with van der Waals surface area (Å²) in [6.07, 6.45) is 2.08. The lowest BCUT2D eigenvalue weighted by atomic mass is 9.88. The summed E-state index contributed by atoms with van der Waals surface area (Å²) in [4.78, 5) is 41.7. The van der Waals surface area contributed by atoms with Gasteiger partial charge in [0.1, 0.15) is 5.41 Å². The van der Waals surface area contributed by atoms with E-state index in [0.29, 0.717) is 65.3 Å². The molecule has 0 aromatic heterocycles.